The molecule has 0 aliphatic carbocycles. The van der Waals surface area contributed by atoms with Gasteiger partial charge in [0.05, 0.1) is 6.04 Å². The minimum atomic E-state index is -0.151. The van der Waals surface area contributed by atoms with Crippen LogP contribution in [0.25, 0.3) is 0 Å². The van der Waals surface area contributed by atoms with Gasteiger partial charge in [-0.3, -0.25) is 9.59 Å². The summed E-state index contributed by atoms with van der Waals surface area (Å²) in [5.74, 6) is 0.267. The van der Waals surface area contributed by atoms with E-state index in [4.69, 9.17) is 0 Å². The van der Waals surface area contributed by atoms with Gasteiger partial charge >= 0.3 is 0 Å². The van der Waals surface area contributed by atoms with Gasteiger partial charge in [0, 0.05) is 18.0 Å². The van der Waals surface area contributed by atoms with E-state index in [1.54, 1.807) is 0 Å². The lowest BCUT2D eigenvalue weighted by Crippen LogP contribution is -2.45. The number of hydrogen-bond donors (Lipinski definition) is 0. The molecule has 88 valence electrons. The molecule has 2 heterocycles. The largest absolute Gasteiger partial charge is 0.325 e. The van der Waals surface area contributed by atoms with Crippen molar-refractivity contribution in [2.75, 3.05) is 0 Å². The summed E-state index contributed by atoms with van der Waals surface area (Å²) in [6.07, 6.45) is 3.44. The minimum Gasteiger partial charge on any atom is -0.325 e. The molecule has 1 amide bonds. The van der Waals surface area contributed by atoms with Crippen LogP contribution in [0.2, 0.25) is 0 Å². The van der Waals surface area contributed by atoms with Crippen LogP contribution >= 0.6 is 0 Å². The molecule has 3 rings (SSSR count). The van der Waals surface area contributed by atoms with Gasteiger partial charge in [-0.25, -0.2) is 0 Å². The molecule has 0 spiro atoms. The molecule has 17 heavy (non-hydrogen) atoms. The molecule has 2 aliphatic rings. The van der Waals surface area contributed by atoms with E-state index in [0.717, 1.165) is 19.3 Å². The summed E-state index contributed by atoms with van der Waals surface area (Å²) >= 11 is 0. The lowest BCUT2D eigenvalue weighted by molar-refractivity contribution is -0.119. The monoisotopic (exact) mass is 229 g/mol. The Bertz CT molecular complexity index is 455. The van der Waals surface area contributed by atoms with Crippen molar-refractivity contribution in [3.63, 3.8) is 0 Å². The number of hydrogen-bond acceptors (Lipinski definition) is 2. The Kier molecular flexibility index (Phi) is 2.46. The zero-order chi connectivity index (χ0) is 11.8. The Morgan fingerprint density at radius 1 is 1.18 bits per heavy atom. The Hall–Kier alpha value is -1.64. The highest BCUT2D eigenvalue weighted by Crippen LogP contribution is 2.34. The lowest BCUT2D eigenvalue weighted by atomic mass is 10.0. The maximum Gasteiger partial charge on any atom is 0.254 e. The van der Waals surface area contributed by atoms with Gasteiger partial charge in [0.1, 0.15) is 0 Å². The van der Waals surface area contributed by atoms with Gasteiger partial charge in [-0.05, 0) is 31.4 Å². The van der Waals surface area contributed by atoms with E-state index in [1.807, 2.05) is 35.2 Å². The molecule has 2 saturated heterocycles. The average molecular weight is 229 g/mol. The molecule has 1 aromatic rings. The van der Waals surface area contributed by atoms with Crippen molar-refractivity contribution in [2.45, 2.75) is 37.8 Å². The second kappa shape index (κ2) is 3.99. The van der Waals surface area contributed by atoms with Gasteiger partial charge in [-0.1, -0.05) is 18.2 Å². The highest BCUT2D eigenvalue weighted by Gasteiger charge is 2.45. The van der Waals surface area contributed by atoms with E-state index in [2.05, 4.69) is 0 Å². The van der Waals surface area contributed by atoms with E-state index in [9.17, 15) is 9.59 Å². The van der Waals surface area contributed by atoms with Crippen molar-refractivity contribution in [3.05, 3.63) is 35.9 Å². The van der Waals surface area contributed by atoms with E-state index < -0.39 is 0 Å². The Morgan fingerprint density at radius 2 is 1.94 bits per heavy atom. The zero-order valence-electron chi connectivity index (χ0n) is 9.63. The predicted molar refractivity (Wildman–Crippen MR) is 63.7 cm³/mol. The molecule has 2 fully saturated rings. The normalized spacial score (nSPS) is 27.3. The van der Waals surface area contributed by atoms with Crippen LogP contribution in [0.1, 0.15) is 36.0 Å². The first-order chi connectivity index (χ1) is 8.27. The number of Topliss-reactive ketones (excluding diaryl/α,β-unsaturated/α-hetero) is 1. The summed E-state index contributed by atoms with van der Waals surface area (Å²) in [7, 11) is 0. The molecule has 3 heteroatoms. The molecule has 0 radical (unpaired) electrons. The predicted octanol–water partition coefficient (Wildman–Crippen LogP) is 2.02. The van der Waals surface area contributed by atoms with Gasteiger partial charge in [0.15, 0.2) is 5.78 Å². The van der Waals surface area contributed by atoms with E-state index in [1.165, 1.54) is 0 Å². The van der Waals surface area contributed by atoms with Crippen molar-refractivity contribution in [1.29, 1.82) is 0 Å². The smallest absolute Gasteiger partial charge is 0.254 e. The van der Waals surface area contributed by atoms with Crippen LogP contribution in [-0.2, 0) is 4.79 Å². The van der Waals surface area contributed by atoms with Crippen molar-refractivity contribution < 1.29 is 9.59 Å². The molecule has 0 saturated carbocycles. The third kappa shape index (κ3) is 1.66. The van der Waals surface area contributed by atoms with E-state index in [-0.39, 0.29) is 23.8 Å². The number of fused-ring (bicyclic) bond motifs is 2. The van der Waals surface area contributed by atoms with E-state index >= 15 is 0 Å². The zero-order valence-corrected chi connectivity index (χ0v) is 9.63. The number of ketones is 1. The molecule has 0 aromatic heterocycles. The summed E-state index contributed by atoms with van der Waals surface area (Å²) in [6.45, 7) is 0. The van der Waals surface area contributed by atoms with Gasteiger partial charge in [-0.15, -0.1) is 0 Å². The average Bonchev–Trinajstić information content (AvgIpc) is 2.55. The maximum absolute atomic E-state index is 12.4. The van der Waals surface area contributed by atoms with Crippen LogP contribution < -0.4 is 0 Å². The molecule has 2 bridgehead atoms. The Balaban J connectivity index is 1.90. The Morgan fingerprint density at radius 3 is 2.65 bits per heavy atom. The number of nitrogens with zero attached hydrogens (tertiary/aromatic N) is 1. The van der Waals surface area contributed by atoms with Crippen LogP contribution in [0.3, 0.4) is 0 Å². The number of carbonyl (C=O) groups is 2. The fourth-order valence-corrected chi connectivity index (χ4v) is 3.00. The van der Waals surface area contributed by atoms with Gasteiger partial charge < -0.3 is 4.90 Å². The fourth-order valence-electron chi connectivity index (χ4n) is 3.00. The second-order valence-electron chi connectivity index (χ2n) is 4.85. The molecular weight excluding hydrogens is 214 g/mol. The van der Waals surface area contributed by atoms with Crippen LogP contribution in [-0.4, -0.2) is 28.7 Å². The summed E-state index contributed by atoms with van der Waals surface area (Å²) in [5.41, 5.74) is 0.694. The van der Waals surface area contributed by atoms with Crippen LogP contribution in [0.15, 0.2) is 30.3 Å². The van der Waals surface area contributed by atoms with Gasteiger partial charge in [0.25, 0.3) is 5.91 Å². The summed E-state index contributed by atoms with van der Waals surface area (Å²) in [5, 5.41) is 0. The highest BCUT2D eigenvalue weighted by molar-refractivity contribution is 6.00. The second-order valence-corrected chi connectivity index (χ2v) is 4.85. The number of piperidine rings is 1. The third-order valence-electron chi connectivity index (χ3n) is 3.81. The van der Waals surface area contributed by atoms with E-state index in [0.29, 0.717) is 12.0 Å². The summed E-state index contributed by atoms with van der Waals surface area (Å²) in [6, 6.07) is 9.26. The summed E-state index contributed by atoms with van der Waals surface area (Å²) in [4.78, 5) is 26.0. The first-order valence-corrected chi connectivity index (χ1v) is 6.18. The minimum absolute atomic E-state index is 0.0196. The first-order valence-electron chi connectivity index (χ1n) is 6.18. The number of carbonyl (C=O) groups excluding carboxylic acids is 2. The quantitative estimate of drug-likeness (QED) is 0.738. The van der Waals surface area contributed by atoms with Crippen LogP contribution in [0.5, 0.6) is 0 Å². The van der Waals surface area contributed by atoms with Crippen molar-refractivity contribution in [3.8, 4) is 0 Å². The van der Waals surface area contributed by atoms with Crippen LogP contribution in [0.4, 0.5) is 0 Å². The highest BCUT2D eigenvalue weighted by atomic mass is 16.2. The van der Waals surface area contributed by atoms with Crippen molar-refractivity contribution >= 4 is 11.7 Å². The molecule has 2 atom stereocenters. The Labute approximate surface area is 100 Å². The van der Waals surface area contributed by atoms with Gasteiger partial charge in [0.2, 0.25) is 0 Å². The van der Waals surface area contributed by atoms with Crippen LogP contribution in [0, 0.1) is 0 Å². The van der Waals surface area contributed by atoms with Crippen molar-refractivity contribution in [2.24, 2.45) is 0 Å². The molecule has 0 N–H and O–H groups in total. The fraction of sp³-hybridized carbons (Fsp3) is 0.429. The third-order valence-corrected chi connectivity index (χ3v) is 3.81. The molecule has 1 aromatic carbocycles. The summed E-state index contributed by atoms with van der Waals surface area (Å²) < 4.78 is 0. The number of benzene rings is 1. The molecule has 2 aliphatic heterocycles. The maximum atomic E-state index is 12.4. The standard InChI is InChI=1S/C14H15NO2/c16-13-9-11-7-4-8-12(13)15(11)14(17)10-5-2-1-3-6-10/h1-3,5-6,11-12H,4,7-9H2. The SMILES string of the molecule is O=C1CC2CCCC1N2C(=O)c1ccccc1. The molecule has 3 nitrogen and oxygen atoms in total. The van der Waals surface area contributed by atoms with Crippen molar-refractivity contribution in [1.82, 2.24) is 4.90 Å². The first kappa shape index (κ1) is 10.5. The molecular formula is C14H15NO2. The van der Waals surface area contributed by atoms with Gasteiger partial charge in [-0.2, -0.15) is 0 Å². The number of rotatable bonds is 1. The topological polar surface area (TPSA) is 37.4 Å². The lowest BCUT2D eigenvalue weighted by Gasteiger charge is -2.33. The number of amides is 1. The molecule has 2 unspecified atom stereocenters.